The summed E-state index contributed by atoms with van der Waals surface area (Å²) in [5.74, 6) is -1.51. The molecule has 3 fully saturated rings. The van der Waals surface area contributed by atoms with E-state index < -0.39 is 27.1 Å². The molecule has 1 aromatic heterocycles. The van der Waals surface area contributed by atoms with Gasteiger partial charge in [-0.25, -0.2) is 8.42 Å². The first-order chi connectivity index (χ1) is 17.7. The van der Waals surface area contributed by atoms with Crippen molar-refractivity contribution in [3.05, 3.63) is 77.8 Å². The van der Waals surface area contributed by atoms with E-state index in [0.29, 0.717) is 19.4 Å². The number of aromatic amines is 1. The predicted octanol–water partition coefficient (Wildman–Crippen LogP) is 3.65. The number of carbonyl (C=O) groups excluding carboxylic acids is 1. The second kappa shape index (κ2) is 9.40. The van der Waals surface area contributed by atoms with Crippen LogP contribution in [0.5, 0.6) is 0 Å². The van der Waals surface area contributed by atoms with E-state index in [4.69, 9.17) is 14.2 Å². The van der Waals surface area contributed by atoms with Crippen LogP contribution < -0.4 is 0 Å². The third kappa shape index (κ3) is 3.92. The van der Waals surface area contributed by atoms with Crippen LogP contribution in [0.15, 0.2) is 77.0 Å². The number of para-hydroxylation sites is 1. The summed E-state index contributed by atoms with van der Waals surface area (Å²) in [5, 5.41) is 0.981. The molecular weight excluding hydrogens is 492 g/mol. The zero-order valence-corrected chi connectivity index (χ0v) is 22.1. The van der Waals surface area contributed by atoms with Gasteiger partial charge < -0.3 is 19.2 Å². The Labute approximate surface area is 217 Å². The number of carbonyl (C=O) groups is 1. The molecule has 0 amide bonds. The van der Waals surface area contributed by atoms with Gasteiger partial charge in [-0.15, -0.1) is 0 Å². The van der Waals surface area contributed by atoms with Crippen LogP contribution in [0.2, 0.25) is 0 Å². The van der Waals surface area contributed by atoms with Crippen molar-refractivity contribution in [2.75, 3.05) is 34.4 Å². The number of hydrogen-bond donors (Lipinski definition) is 1. The first-order valence-corrected chi connectivity index (χ1v) is 13.7. The van der Waals surface area contributed by atoms with Crippen molar-refractivity contribution in [1.82, 2.24) is 9.88 Å². The fourth-order valence-electron chi connectivity index (χ4n) is 6.30. The number of methoxy groups -OCH3 is 3. The first-order valence-electron chi connectivity index (χ1n) is 12.2. The van der Waals surface area contributed by atoms with Gasteiger partial charge in [0.2, 0.25) is 9.84 Å². The number of nitrogens with one attached hydrogen (secondary N) is 1. The Morgan fingerprint density at radius 3 is 2.35 bits per heavy atom. The topological polar surface area (TPSA) is 97.9 Å². The molecule has 0 unspecified atom stereocenters. The van der Waals surface area contributed by atoms with E-state index in [1.54, 1.807) is 44.6 Å². The molecular formula is C28H32N2O6S. The molecule has 1 N–H and O–H groups in total. The zero-order valence-electron chi connectivity index (χ0n) is 21.3. The molecule has 2 saturated heterocycles. The van der Waals surface area contributed by atoms with Crippen LogP contribution in [0.1, 0.15) is 18.5 Å². The molecule has 3 aliphatic rings. The Kier molecular flexibility index (Phi) is 6.52. The van der Waals surface area contributed by atoms with Gasteiger partial charge in [0.15, 0.2) is 5.79 Å². The van der Waals surface area contributed by atoms with Gasteiger partial charge >= 0.3 is 5.97 Å². The molecule has 8 nitrogen and oxygen atoms in total. The van der Waals surface area contributed by atoms with E-state index in [1.165, 1.54) is 7.11 Å². The number of aromatic nitrogens is 1. The smallest absolute Gasteiger partial charge is 0.319 e. The number of H-pyrrole nitrogens is 1. The summed E-state index contributed by atoms with van der Waals surface area (Å²) < 4.78 is 43.9. The molecule has 1 aliphatic carbocycles. The van der Waals surface area contributed by atoms with Crippen molar-refractivity contribution in [1.29, 1.82) is 0 Å². The predicted molar refractivity (Wildman–Crippen MR) is 140 cm³/mol. The average molecular weight is 525 g/mol. The summed E-state index contributed by atoms with van der Waals surface area (Å²) >= 11 is 0. The molecule has 3 aromatic rings. The Hall–Kier alpha value is -2.98. The molecule has 2 aliphatic heterocycles. The first kappa shape index (κ1) is 25.7. The maximum atomic E-state index is 13.7. The molecule has 3 atom stereocenters. The van der Waals surface area contributed by atoms with Crippen LogP contribution in [-0.2, 0) is 34.3 Å². The maximum Gasteiger partial charge on any atom is 0.319 e. The largest absolute Gasteiger partial charge is 0.468 e. The second-order valence-corrected chi connectivity index (χ2v) is 11.9. The summed E-state index contributed by atoms with van der Waals surface area (Å²) in [6.45, 7) is 4.51. The minimum atomic E-state index is -3.77. The Morgan fingerprint density at radius 1 is 1.05 bits per heavy atom. The van der Waals surface area contributed by atoms with Crippen molar-refractivity contribution in [2.24, 2.45) is 5.92 Å². The lowest BCUT2D eigenvalue weighted by molar-refractivity contribution is -0.296. The summed E-state index contributed by atoms with van der Waals surface area (Å²) in [7, 11) is 0.836. The number of esters is 1. The van der Waals surface area contributed by atoms with E-state index in [-0.39, 0.29) is 28.2 Å². The van der Waals surface area contributed by atoms with Crippen LogP contribution in [0, 0.1) is 5.92 Å². The van der Waals surface area contributed by atoms with Gasteiger partial charge in [0, 0.05) is 56.9 Å². The van der Waals surface area contributed by atoms with Crippen LogP contribution in [0.4, 0.5) is 0 Å². The lowest BCUT2D eigenvalue weighted by atomic mass is 9.58. The Balaban J connectivity index is 1.59. The summed E-state index contributed by atoms with van der Waals surface area (Å²) in [5.41, 5.74) is 0.570. The Morgan fingerprint density at radius 2 is 1.73 bits per heavy atom. The normalized spacial score (nSPS) is 25.3. The maximum absolute atomic E-state index is 13.7. The van der Waals surface area contributed by atoms with Gasteiger partial charge in [0.1, 0.15) is 5.41 Å². The van der Waals surface area contributed by atoms with Crippen LogP contribution in [0.3, 0.4) is 0 Å². The molecule has 37 heavy (non-hydrogen) atoms. The van der Waals surface area contributed by atoms with E-state index in [2.05, 4.69) is 11.6 Å². The molecule has 196 valence electrons. The van der Waals surface area contributed by atoms with Crippen molar-refractivity contribution < 1.29 is 27.4 Å². The van der Waals surface area contributed by atoms with Gasteiger partial charge in [-0.05, 0) is 36.1 Å². The average Bonchev–Trinajstić information content (AvgIpc) is 3.37. The summed E-state index contributed by atoms with van der Waals surface area (Å²) in [6, 6.07) is 17.6. The van der Waals surface area contributed by atoms with Crippen LogP contribution in [0.25, 0.3) is 10.9 Å². The Bertz CT molecular complexity index is 1400. The molecule has 6 rings (SSSR count). The highest BCUT2D eigenvalue weighted by molar-refractivity contribution is 7.95. The zero-order chi connectivity index (χ0) is 26.4. The third-order valence-electron chi connectivity index (χ3n) is 8.20. The molecule has 1 saturated carbocycles. The number of rotatable bonds is 8. The fourth-order valence-corrected chi connectivity index (χ4v) is 7.48. The lowest BCUT2D eigenvalue weighted by Gasteiger charge is -2.61. The van der Waals surface area contributed by atoms with Gasteiger partial charge in [-0.3, -0.25) is 9.69 Å². The monoisotopic (exact) mass is 524 g/mol. The highest BCUT2D eigenvalue weighted by atomic mass is 32.2. The van der Waals surface area contributed by atoms with E-state index in [0.717, 1.165) is 16.6 Å². The lowest BCUT2D eigenvalue weighted by Crippen LogP contribution is -2.72. The molecule has 3 heterocycles. The number of fused-ring (bicyclic) bond motifs is 4. The standard InChI is InChI=1S/C28H32N2O6S/c1-19(37(32,33)22-11-6-5-7-12-22)17-30-18-21-15-27(26(31)34-2,25(30)16-28(21,35-3)36-4)24-14-20-10-8-9-13-23(20)29-24/h5-14,21,25,29H,1,15-18H2,2-4H3/t21-,25+,27-/m0/s1. The molecule has 2 aromatic carbocycles. The number of benzene rings is 2. The number of piperidine rings is 2. The number of hydrogen-bond acceptors (Lipinski definition) is 7. The molecule has 9 heteroatoms. The van der Waals surface area contributed by atoms with Crippen LogP contribution >= 0.6 is 0 Å². The van der Waals surface area contributed by atoms with Gasteiger partial charge in [-0.1, -0.05) is 43.0 Å². The molecule has 0 spiro atoms. The minimum Gasteiger partial charge on any atom is -0.468 e. The molecule has 2 bridgehead atoms. The van der Waals surface area contributed by atoms with Crippen LogP contribution in [-0.4, -0.2) is 70.5 Å². The van der Waals surface area contributed by atoms with Crippen molar-refractivity contribution in [2.45, 2.75) is 35.0 Å². The quantitative estimate of drug-likeness (QED) is 0.355. The number of ether oxygens (including phenoxy) is 3. The summed E-state index contributed by atoms with van der Waals surface area (Å²) in [4.78, 5) is 19.4. The molecule has 0 radical (unpaired) electrons. The van der Waals surface area contributed by atoms with Crippen molar-refractivity contribution in [3.63, 3.8) is 0 Å². The minimum absolute atomic E-state index is 0.0703. The van der Waals surface area contributed by atoms with Crippen molar-refractivity contribution in [3.8, 4) is 0 Å². The van der Waals surface area contributed by atoms with E-state index in [1.807, 2.05) is 35.2 Å². The SMILES string of the molecule is C=C(CN1C[C@@H]2C[C@](C(=O)OC)(c3cc4ccccc4[nH]3)[C@H]1CC2(OC)OC)S(=O)(=O)c1ccccc1. The highest BCUT2D eigenvalue weighted by Crippen LogP contribution is 2.55. The summed E-state index contributed by atoms with van der Waals surface area (Å²) in [6.07, 6.45) is 0.779. The fraction of sp³-hybridized carbons (Fsp3) is 0.393. The number of sulfone groups is 1. The third-order valence-corrected chi connectivity index (χ3v) is 9.98. The van der Waals surface area contributed by atoms with Gasteiger partial charge in [-0.2, -0.15) is 0 Å². The van der Waals surface area contributed by atoms with E-state index >= 15 is 0 Å². The van der Waals surface area contributed by atoms with Crippen molar-refractivity contribution >= 4 is 26.7 Å². The highest BCUT2D eigenvalue weighted by Gasteiger charge is 2.66. The van der Waals surface area contributed by atoms with Gasteiger partial charge in [0.05, 0.1) is 16.9 Å². The number of nitrogens with zero attached hydrogens (tertiary/aromatic N) is 1. The van der Waals surface area contributed by atoms with Gasteiger partial charge in [0.25, 0.3) is 0 Å². The van der Waals surface area contributed by atoms with E-state index in [9.17, 15) is 13.2 Å². The second-order valence-electron chi connectivity index (χ2n) is 9.86.